The van der Waals surface area contributed by atoms with Gasteiger partial charge in [-0.1, -0.05) is 35.7 Å². The van der Waals surface area contributed by atoms with Crippen LogP contribution >= 0.6 is 0 Å². The maximum atomic E-state index is 13.1. The standard InChI is InChI=1S/C28H28N2O8S2.2Na/c1-5-9-23(39(33,34)35)29(7-3)21-15-11-19(12-16-21)25-27(31)26(28(25)32)20-13-17-22(18-14-20)30(8-4)24(10-6-2)40(36,37)38;;/h11-18,25-28H,1-2,7-8H2,3-4H3,(H,33,34,35)(H,36,37,38);;/q-2;2*+1/p-2. The second-order valence-corrected chi connectivity index (χ2v) is 11.4. The monoisotopic (exact) mass is 628 g/mol. The van der Waals surface area contributed by atoms with Crippen molar-refractivity contribution in [1.82, 2.24) is 0 Å². The molecule has 0 bridgehead atoms. The molecule has 1 fully saturated rings. The van der Waals surface area contributed by atoms with Crippen LogP contribution in [-0.2, 0) is 20.2 Å². The predicted molar refractivity (Wildman–Crippen MR) is 144 cm³/mol. The van der Waals surface area contributed by atoms with Gasteiger partial charge in [-0.05, 0) is 85.7 Å². The minimum absolute atomic E-state index is 0. The fourth-order valence-electron chi connectivity index (χ4n) is 4.75. The van der Waals surface area contributed by atoms with Crippen molar-refractivity contribution in [1.29, 1.82) is 0 Å². The van der Waals surface area contributed by atoms with Crippen LogP contribution in [0.2, 0.25) is 0 Å². The molecule has 2 aromatic rings. The predicted octanol–water partition coefficient (Wildman–Crippen LogP) is -4.66. The zero-order valence-electron chi connectivity index (χ0n) is 23.7. The third-order valence-electron chi connectivity index (χ3n) is 6.58. The van der Waals surface area contributed by atoms with Gasteiger partial charge in [-0.3, -0.25) is 0 Å². The maximum Gasteiger partial charge on any atom is 1.00 e. The van der Waals surface area contributed by atoms with Crippen molar-refractivity contribution in [3.63, 3.8) is 0 Å². The van der Waals surface area contributed by atoms with Crippen LogP contribution in [0.3, 0.4) is 0 Å². The Morgan fingerprint density at radius 1 is 0.690 bits per heavy atom. The SMILES string of the molecule is C=C=C=C(N(CC)c1ccc(C2C([O-])C(c3ccc(N(CC)C(=C=C=C)S(=O)(=O)[O-])cc3)C2[O-])cc1)S(=O)(=O)[O-].[Na+].[Na+]. The van der Waals surface area contributed by atoms with E-state index in [2.05, 4.69) is 36.1 Å². The number of rotatable bonds is 10. The van der Waals surface area contributed by atoms with Crippen molar-refractivity contribution in [3.8, 4) is 0 Å². The topological polar surface area (TPSA) is 167 Å². The van der Waals surface area contributed by atoms with Gasteiger partial charge in [0.25, 0.3) is 0 Å². The Kier molecular flexibility index (Phi) is 14.5. The molecular formula is C28H26N2Na2O8S2-2. The molecule has 2 aromatic carbocycles. The minimum Gasteiger partial charge on any atom is -0.851 e. The molecule has 0 aromatic heterocycles. The van der Waals surface area contributed by atoms with Crippen molar-refractivity contribution in [3.05, 3.63) is 106 Å². The summed E-state index contributed by atoms with van der Waals surface area (Å²) in [6.07, 6.45) is -2.54. The second kappa shape index (κ2) is 15.9. The first-order valence-corrected chi connectivity index (χ1v) is 14.9. The second-order valence-electron chi connectivity index (χ2n) is 8.77. The van der Waals surface area contributed by atoms with Gasteiger partial charge >= 0.3 is 59.1 Å². The molecule has 10 nitrogen and oxygen atoms in total. The van der Waals surface area contributed by atoms with Gasteiger partial charge in [0, 0.05) is 24.5 Å². The van der Waals surface area contributed by atoms with E-state index < -0.39 is 54.3 Å². The first-order chi connectivity index (χ1) is 18.8. The fraction of sp³-hybridized carbons (Fsp3) is 0.286. The molecule has 0 heterocycles. The summed E-state index contributed by atoms with van der Waals surface area (Å²) in [5.74, 6) is -1.71. The fourth-order valence-corrected chi connectivity index (χ4v) is 6.16. The third kappa shape index (κ3) is 8.30. The summed E-state index contributed by atoms with van der Waals surface area (Å²) < 4.78 is 70.0. The third-order valence-corrected chi connectivity index (χ3v) is 8.17. The molecule has 3 rings (SSSR count). The molecule has 0 atom stereocenters. The summed E-state index contributed by atoms with van der Waals surface area (Å²) in [6.45, 7) is 10.1. The Morgan fingerprint density at radius 3 is 1.19 bits per heavy atom. The first kappa shape index (κ1) is 38.4. The van der Waals surface area contributed by atoms with Gasteiger partial charge in [-0.2, -0.15) is 0 Å². The molecular weight excluding hydrogens is 602 g/mol. The number of nitrogens with zero attached hydrogens (tertiary/aromatic N) is 2. The van der Waals surface area contributed by atoms with Crippen molar-refractivity contribution < 1.29 is 95.3 Å². The van der Waals surface area contributed by atoms with Crippen LogP contribution in [0.15, 0.2) is 94.7 Å². The first-order valence-electron chi connectivity index (χ1n) is 12.1. The van der Waals surface area contributed by atoms with Gasteiger partial charge in [0.1, 0.15) is 20.2 Å². The molecule has 212 valence electrons. The zero-order chi connectivity index (χ0) is 29.8. The van der Waals surface area contributed by atoms with Crippen molar-refractivity contribution >= 4 is 31.6 Å². The molecule has 14 heteroatoms. The minimum atomic E-state index is -4.87. The van der Waals surface area contributed by atoms with Gasteiger partial charge in [-0.15, -0.1) is 12.2 Å². The molecule has 0 radical (unpaired) electrons. The van der Waals surface area contributed by atoms with E-state index >= 15 is 0 Å². The Morgan fingerprint density at radius 2 is 0.976 bits per heavy atom. The smallest absolute Gasteiger partial charge is 0.851 e. The molecule has 0 saturated heterocycles. The summed E-state index contributed by atoms with van der Waals surface area (Å²) in [4.78, 5) is 2.42. The largest absolute Gasteiger partial charge is 1.00 e. The molecule has 0 spiro atoms. The number of hydrogen-bond donors (Lipinski definition) is 0. The molecule has 1 aliphatic carbocycles. The molecule has 42 heavy (non-hydrogen) atoms. The molecule has 0 unspecified atom stereocenters. The van der Waals surface area contributed by atoms with E-state index in [9.17, 15) is 36.2 Å². The molecule has 0 aliphatic heterocycles. The van der Waals surface area contributed by atoms with E-state index in [0.717, 1.165) is 0 Å². The summed E-state index contributed by atoms with van der Waals surface area (Å²) >= 11 is 0. The van der Waals surface area contributed by atoms with Crippen LogP contribution in [0.1, 0.15) is 36.8 Å². The normalized spacial score (nSPS) is 19.2. The zero-order valence-corrected chi connectivity index (χ0v) is 29.4. The summed E-state index contributed by atoms with van der Waals surface area (Å²) in [5, 5.41) is 25.0. The number of anilines is 2. The Labute approximate surface area is 290 Å². The molecule has 1 aliphatic rings. The Bertz CT molecular complexity index is 1520. The van der Waals surface area contributed by atoms with Gasteiger partial charge in [0.15, 0.2) is 10.1 Å². The summed E-state index contributed by atoms with van der Waals surface area (Å²) in [6, 6.07) is 12.3. The Balaban J connectivity index is 0.00000441. The maximum absolute atomic E-state index is 13.1. The van der Waals surface area contributed by atoms with Crippen molar-refractivity contribution in [2.45, 2.75) is 37.9 Å². The number of hydrogen-bond acceptors (Lipinski definition) is 10. The van der Waals surface area contributed by atoms with Gasteiger partial charge < -0.3 is 29.1 Å². The van der Waals surface area contributed by atoms with E-state index in [-0.39, 0.29) is 72.2 Å². The van der Waals surface area contributed by atoms with Crippen LogP contribution < -0.4 is 79.1 Å². The van der Waals surface area contributed by atoms with Gasteiger partial charge in [0.2, 0.25) is 0 Å². The number of benzene rings is 2. The van der Waals surface area contributed by atoms with Crippen LogP contribution in [0, 0.1) is 0 Å². The van der Waals surface area contributed by atoms with Crippen molar-refractivity contribution in [2.75, 3.05) is 22.9 Å². The van der Waals surface area contributed by atoms with Crippen LogP contribution in [0.5, 0.6) is 0 Å². The molecule has 0 N–H and O–H groups in total. The van der Waals surface area contributed by atoms with E-state index in [1.807, 2.05) is 0 Å². The van der Waals surface area contributed by atoms with E-state index in [1.165, 1.54) is 34.1 Å². The quantitative estimate of drug-likeness (QED) is 0.142. The summed E-state index contributed by atoms with van der Waals surface area (Å²) in [7, 11) is -9.74. The summed E-state index contributed by atoms with van der Waals surface area (Å²) in [5.41, 5.74) is 10.5. The van der Waals surface area contributed by atoms with Crippen LogP contribution in [0.4, 0.5) is 11.4 Å². The van der Waals surface area contributed by atoms with Crippen LogP contribution in [0.25, 0.3) is 0 Å². The van der Waals surface area contributed by atoms with E-state index in [0.29, 0.717) is 22.5 Å². The molecule has 1 saturated carbocycles. The van der Waals surface area contributed by atoms with Gasteiger partial charge in [-0.25, -0.2) is 16.8 Å². The van der Waals surface area contributed by atoms with Crippen molar-refractivity contribution in [2.24, 2.45) is 0 Å². The Hall–Kier alpha value is -1.62. The van der Waals surface area contributed by atoms with Crippen LogP contribution in [-0.4, -0.2) is 51.2 Å². The van der Waals surface area contributed by atoms with E-state index in [1.54, 1.807) is 38.1 Å². The average Bonchev–Trinajstić information content (AvgIpc) is 2.89. The van der Waals surface area contributed by atoms with Gasteiger partial charge in [0.05, 0.1) is 0 Å². The molecule has 0 amide bonds. The van der Waals surface area contributed by atoms with E-state index in [4.69, 9.17) is 0 Å². The average molecular weight is 629 g/mol.